The fourth-order valence-corrected chi connectivity index (χ4v) is 5.05. The Hall–Kier alpha value is -2.78. The van der Waals surface area contributed by atoms with Crippen molar-refractivity contribution in [2.75, 3.05) is 7.05 Å². The number of nitrogens with one attached hydrogen (secondary N) is 1. The highest BCUT2D eigenvalue weighted by molar-refractivity contribution is 7.89. The Morgan fingerprint density at radius 3 is 2.43 bits per heavy atom. The van der Waals surface area contributed by atoms with Crippen LogP contribution in [0.15, 0.2) is 53.4 Å². The van der Waals surface area contributed by atoms with Gasteiger partial charge in [0.2, 0.25) is 15.9 Å². The van der Waals surface area contributed by atoms with Crippen LogP contribution >= 0.6 is 0 Å². The van der Waals surface area contributed by atoms with E-state index >= 15 is 0 Å². The summed E-state index contributed by atoms with van der Waals surface area (Å²) in [6.07, 6.45) is 3.53. The molecule has 1 aliphatic rings. The van der Waals surface area contributed by atoms with E-state index in [0.29, 0.717) is 0 Å². The predicted octanol–water partition coefficient (Wildman–Crippen LogP) is 2.35. The van der Waals surface area contributed by atoms with E-state index in [4.69, 9.17) is 5.73 Å². The average Bonchev–Trinajstić information content (AvgIpc) is 3.19. The molecule has 1 saturated carbocycles. The van der Waals surface area contributed by atoms with Crippen molar-refractivity contribution < 1.29 is 22.4 Å². The minimum absolute atomic E-state index is 0.0324. The van der Waals surface area contributed by atoms with Crippen molar-refractivity contribution >= 4 is 21.8 Å². The topological polar surface area (TPSA) is 110 Å². The number of benzene rings is 2. The standard InChI is InChI=1S/C21H24FN3O4S/c1-25(19(20(23)26)14-6-4-8-16(22)12-14)21(27)15-7-5-11-18(13-15)30(28,29)24-17-9-2-3-10-17/h4-8,11-13,17,19,24H,2-3,9-10H2,1H3,(H2,23,26). The first-order valence-electron chi connectivity index (χ1n) is 9.63. The zero-order chi connectivity index (χ0) is 21.9. The molecule has 2 amide bonds. The molecule has 3 rings (SSSR count). The fourth-order valence-electron chi connectivity index (χ4n) is 3.70. The van der Waals surface area contributed by atoms with Crippen molar-refractivity contribution in [2.24, 2.45) is 5.73 Å². The SMILES string of the molecule is CN(C(=O)c1cccc(S(=O)(=O)NC2CCCC2)c1)C(C(N)=O)c1cccc(F)c1. The van der Waals surface area contributed by atoms with Crippen LogP contribution in [-0.4, -0.2) is 38.2 Å². The number of nitrogens with two attached hydrogens (primary N) is 1. The van der Waals surface area contributed by atoms with Crippen LogP contribution in [0.2, 0.25) is 0 Å². The van der Waals surface area contributed by atoms with Gasteiger partial charge in [-0.25, -0.2) is 17.5 Å². The lowest BCUT2D eigenvalue weighted by Crippen LogP contribution is -2.39. The lowest BCUT2D eigenvalue weighted by atomic mass is 10.0. The summed E-state index contributed by atoms with van der Waals surface area (Å²) in [5, 5.41) is 0. The van der Waals surface area contributed by atoms with Crippen LogP contribution in [-0.2, 0) is 14.8 Å². The van der Waals surface area contributed by atoms with E-state index in [1.165, 1.54) is 49.5 Å². The lowest BCUT2D eigenvalue weighted by Gasteiger charge is -2.26. The Kier molecular flexibility index (Phi) is 6.52. The van der Waals surface area contributed by atoms with E-state index in [-0.39, 0.29) is 22.1 Å². The first-order valence-corrected chi connectivity index (χ1v) is 11.1. The molecule has 1 unspecified atom stereocenters. The van der Waals surface area contributed by atoms with Gasteiger partial charge in [0.05, 0.1) is 4.90 Å². The molecule has 0 heterocycles. The highest BCUT2D eigenvalue weighted by Gasteiger charge is 2.29. The number of primary amides is 1. The van der Waals surface area contributed by atoms with E-state index < -0.39 is 33.7 Å². The molecule has 0 radical (unpaired) electrons. The molecular formula is C21H24FN3O4S. The molecule has 30 heavy (non-hydrogen) atoms. The number of carbonyl (C=O) groups excluding carboxylic acids is 2. The molecule has 0 aromatic heterocycles. The number of halogens is 1. The third-order valence-corrected chi connectivity index (χ3v) is 6.73. The summed E-state index contributed by atoms with van der Waals surface area (Å²) in [5.41, 5.74) is 5.77. The Labute approximate surface area is 175 Å². The van der Waals surface area contributed by atoms with Gasteiger partial charge in [0.25, 0.3) is 5.91 Å². The van der Waals surface area contributed by atoms with Gasteiger partial charge < -0.3 is 10.6 Å². The molecule has 1 aliphatic carbocycles. The molecule has 0 aliphatic heterocycles. The zero-order valence-electron chi connectivity index (χ0n) is 16.5. The number of carbonyl (C=O) groups is 2. The number of hydrogen-bond acceptors (Lipinski definition) is 4. The normalized spacial score (nSPS) is 15.7. The van der Waals surface area contributed by atoms with Crippen molar-refractivity contribution in [3.63, 3.8) is 0 Å². The Balaban J connectivity index is 1.86. The molecule has 2 aromatic carbocycles. The van der Waals surface area contributed by atoms with Crippen molar-refractivity contribution in [1.82, 2.24) is 9.62 Å². The van der Waals surface area contributed by atoms with E-state index in [0.717, 1.165) is 36.6 Å². The van der Waals surface area contributed by atoms with Crippen LogP contribution in [0.5, 0.6) is 0 Å². The summed E-state index contributed by atoms with van der Waals surface area (Å²) in [6, 6.07) is 9.54. The molecule has 7 nitrogen and oxygen atoms in total. The van der Waals surface area contributed by atoms with Gasteiger partial charge in [0.1, 0.15) is 11.9 Å². The molecule has 2 aromatic rings. The summed E-state index contributed by atoms with van der Waals surface area (Å²) in [7, 11) is -2.42. The van der Waals surface area contributed by atoms with Gasteiger partial charge in [-0.05, 0) is 48.7 Å². The molecular weight excluding hydrogens is 409 g/mol. The van der Waals surface area contributed by atoms with Gasteiger partial charge in [-0.1, -0.05) is 31.0 Å². The van der Waals surface area contributed by atoms with Gasteiger partial charge >= 0.3 is 0 Å². The summed E-state index contributed by atoms with van der Waals surface area (Å²) >= 11 is 0. The largest absolute Gasteiger partial charge is 0.368 e. The second kappa shape index (κ2) is 8.93. The zero-order valence-corrected chi connectivity index (χ0v) is 17.4. The van der Waals surface area contributed by atoms with E-state index in [9.17, 15) is 22.4 Å². The van der Waals surface area contributed by atoms with E-state index in [1.807, 2.05) is 0 Å². The number of amides is 2. The molecule has 0 bridgehead atoms. The summed E-state index contributed by atoms with van der Waals surface area (Å²) in [4.78, 5) is 26.0. The van der Waals surface area contributed by atoms with Crippen LogP contribution < -0.4 is 10.5 Å². The summed E-state index contributed by atoms with van der Waals surface area (Å²) < 4.78 is 41.6. The molecule has 0 spiro atoms. The second-order valence-corrected chi connectivity index (χ2v) is 9.12. The van der Waals surface area contributed by atoms with Gasteiger partial charge in [-0.15, -0.1) is 0 Å². The number of hydrogen-bond donors (Lipinski definition) is 2. The van der Waals surface area contributed by atoms with Crippen molar-refractivity contribution in [3.8, 4) is 0 Å². The minimum atomic E-state index is -3.78. The van der Waals surface area contributed by atoms with E-state index in [2.05, 4.69) is 4.72 Å². The van der Waals surface area contributed by atoms with Gasteiger partial charge in [0.15, 0.2) is 0 Å². The van der Waals surface area contributed by atoms with Crippen LogP contribution in [0.25, 0.3) is 0 Å². The summed E-state index contributed by atoms with van der Waals surface area (Å²) in [6.45, 7) is 0. The predicted molar refractivity (Wildman–Crippen MR) is 109 cm³/mol. The number of sulfonamides is 1. The smallest absolute Gasteiger partial charge is 0.254 e. The highest BCUT2D eigenvalue weighted by Crippen LogP contribution is 2.24. The maximum atomic E-state index is 13.6. The van der Waals surface area contributed by atoms with Crippen molar-refractivity contribution in [1.29, 1.82) is 0 Å². The number of rotatable bonds is 7. The first kappa shape index (κ1) is 21.9. The molecule has 1 fully saturated rings. The fraction of sp³-hybridized carbons (Fsp3) is 0.333. The Morgan fingerprint density at radius 2 is 1.80 bits per heavy atom. The van der Waals surface area contributed by atoms with E-state index in [1.54, 1.807) is 0 Å². The molecule has 9 heteroatoms. The first-order chi connectivity index (χ1) is 14.2. The third kappa shape index (κ3) is 4.85. The monoisotopic (exact) mass is 433 g/mol. The second-order valence-electron chi connectivity index (χ2n) is 7.41. The summed E-state index contributed by atoms with van der Waals surface area (Å²) in [5.74, 6) is -2.00. The molecule has 0 saturated heterocycles. The van der Waals surface area contributed by atoms with Gasteiger partial charge in [0, 0.05) is 18.7 Å². The molecule has 160 valence electrons. The van der Waals surface area contributed by atoms with Gasteiger partial charge in [-0.3, -0.25) is 9.59 Å². The van der Waals surface area contributed by atoms with Gasteiger partial charge in [-0.2, -0.15) is 0 Å². The molecule has 3 N–H and O–H groups in total. The molecule has 1 atom stereocenters. The minimum Gasteiger partial charge on any atom is -0.368 e. The lowest BCUT2D eigenvalue weighted by molar-refractivity contribution is -0.122. The average molecular weight is 434 g/mol. The Bertz CT molecular complexity index is 1050. The van der Waals surface area contributed by atoms with Crippen molar-refractivity contribution in [2.45, 2.75) is 42.7 Å². The number of likely N-dealkylation sites (N-methyl/N-ethyl adjacent to an activating group) is 1. The van der Waals surface area contributed by atoms with Crippen LogP contribution in [0.3, 0.4) is 0 Å². The third-order valence-electron chi connectivity index (χ3n) is 5.21. The van der Waals surface area contributed by atoms with Crippen LogP contribution in [0, 0.1) is 5.82 Å². The maximum absolute atomic E-state index is 13.6. The van der Waals surface area contributed by atoms with Crippen LogP contribution in [0.1, 0.15) is 47.6 Å². The highest BCUT2D eigenvalue weighted by atomic mass is 32.2. The number of nitrogens with zero attached hydrogens (tertiary/aromatic N) is 1. The Morgan fingerprint density at radius 1 is 1.13 bits per heavy atom. The van der Waals surface area contributed by atoms with Crippen molar-refractivity contribution in [3.05, 3.63) is 65.5 Å². The maximum Gasteiger partial charge on any atom is 0.254 e. The van der Waals surface area contributed by atoms with Crippen LogP contribution in [0.4, 0.5) is 4.39 Å². The quantitative estimate of drug-likeness (QED) is 0.698.